The van der Waals surface area contributed by atoms with E-state index in [0.29, 0.717) is 12.6 Å². The molecule has 118 valence electrons. The molecule has 0 aliphatic heterocycles. The average Bonchev–Trinajstić information content (AvgIpc) is 3.17. The summed E-state index contributed by atoms with van der Waals surface area (Å²) in [4.78, 5) is 14.1. The number of carbonyl (C=O) groups is 1. The molecule has 0 heterocycles. The molecular weight excluding hydrogens is 276 g/mol. The van der Waals surface area contributed by atoms with Gasteiger partial charge >= 0.3 is 0 Å². The van der Waals surface area contributed by atoms with Crippen LogP contribution >= 0.6 is 12.4 Å². The summed E-state index contributed by atoms with van der Waals surface area (Å²) in [6, 6.07) is 0.305. The lowest BCUT2D eigenvalue weighted by molar-refractivity contribution is -0.162. The number of ether oxygens (including phenoxy) is 1. The molecule has 5 heteroatoms. The molecule has 2 unspecified atom stereocenters. The summed E-state index contributed by atoms with van der Waals surface area (Å²) in [5.41, 5.74) is 0.0664. The second-order valence-electron chi connectivity index (χ2n) is 6.60. The van der Waals surface area contributed by atoms with Crippen molar-refractivity contribution in [2.24, 2.45) is 11.3 Å². The Bertz CT molecular complexity index is 332. The van der Waals surface area contributed by atoms with Crippen molar-refractivity contribution in [2.45, 2.75) is 52.2 Å². The summed E-state index contributed by atoms with van der Waals surface area (Å²) in [5.74, 6) is 1.02. The number of likely N-dealkylation sites (N-methyl/N-ethyl adjacent to an activating group) is 1. The van der Waals surface area contributed by atoms with Crippen molar-refractivity contribution in [3.63, 3.8) is 0 Å². The summed E-state index contributed by atoms with van der Waals surface area (Å²) in [6.07, 6.45) is 3.90. The summed E-state index contributed by atoms with van der Waals surface area (Å²) in [7, 11) is 1.93. The van der Waals surface area contributed by atoms with Crippen molar-refractivity contribution in [1.82, 2.24) is 10.2 Å². The SMILES string of the molecule is CCOC1CC(N(C)C(=O)CNCC2CC2)C1(C)C.Cl. The summed E-state index contributed by atoms with van der Waals surface area (Å²) >= 11 is 0. The first-order valence-corrected chi connectivity index (χ1v) is 7.54. The number of nitrogens with one attached hydrogen (secondary N) is 1. The molecule has 2 aliphatic rings. The van der Waals surface area contributed by atoms with Gasteiger partial charge in [0.1, 0.15) is 0 Å². The fourth-order valence-corrected chi connectivity index (χ4v) is 3.01. The van der Waals surface area contributed by atoms with Gasteiger partial charge in [-0.1, -0.05) is 13.8 Å². The van der Waals surface area contributed by atoms with Crippen LogP contribution in [0, 0.1) is 11.3 Å². The van der Waals surface area contributed by atoms with Gasteiger partial charge in [-0.2, -0.15) is 0 Å². The third kappa shape index (κ3) is 3.86. The first-order chi connectivity index (χ1) is 8.96. The van der Waals surface area contributed by atoms with Gasteiger partial charge in [-0.15, -0.1) is 12.4 Å². The van der Waals surface area contributed by atoms with Crippen LogP contribution in [0.2, 0.25) is 0 Å². The van der Waals surface area contributed by atoms with E-state index in [0.717, 1.165) is 25.5 Å². The van der Waals surface area contributed by atoms with Gasteiger partial charge in [-0.3, -0.25) is 4.79 Å². The number of carbonyl (C=O) groups excluding carboxylic acids is 1. The lowest BCUT2D eigenvalue weighted by Crippen LogP contribution is -2.63. The van der Waals surface area contributed by atoms with Gasteiger partial charge in [-0.05, 0) is 38.6 Å². The molecule has 0 spiro atoms. The zero-order chi connectivity index (χ0) is 14.0. The minimum Gasteiger partial charge on any atom is -0.378 e. The van der Waals surface area contributed by atoms with Crippen LogP contribution in [-0.4, -0.2) is 49.7 Å². The highest BCUT2D eigenvalue weighted by Crippen LogP contribution is 2.45. The number of rotatable bonds is 7. The molecule has 0 bridgehead atoms. The third-order valence-electron chi connectivity index (χ3n) is 4.76. The second-order valence-corrected chi connectivity index (χ2v) is 6.60. The van der Waals surface area contributed by atoms with Crippen LogP contribution in [0.5, 0.6) is 0 Å². The lowest BCUT2D eigenvalue weighted by atomic mass is 9.64. The molecular formula is C15H29ClN2O2. The van der Waals surface area contributed by atoms with E-state index >= 15 is 0 Å². The van der Waals surface area contributed by atoms with Crippen molar-refractivity contribution >= 4 is 18.3 Å². The van der Waals surface area contributed by atoms with Gasteiger partial charge in [-0.25, -0.2) is 0 Å². The molecule has 2 aliphatic carbocycles. The zero-order valence-corrected chi connectivity index (χ0v) is 14.0. The highest BCUT2D eigenvalue weighted by atomic mass is 35.5. The van der Waals surface area contributed by atoms with Crippen LogP contribution < -0.4 is 5.32 Å². The molecule has 1 amide bonds. The Labute approximate surface area is 129 Å². The van der Waals surface area contributed by atoms with Crippen molar-refractivity contribution in [3.8, 4) is 0 Å². The number of nitrogens with zero attached hydrogens (tertiary/aromatic N) is 1. The Kier molecular flexibility index (Phi) is 6.29. The first-order valence-electron chi connectivity index (χ1n) is 7.54. The smallest absolute Gasteiger partial charge is 0.236 e. The summed E-state index contributed by atoms with van der Waals surface area (Å²) in [5, 5.41) is 3.27. The number of hydrogen-bond acceptors (Lipinski definition) is 3. The molecule has 0 radical (unpaired) electrons. The molecule has 2 atom stereocenters. The second kappa shape index (κ2) is 7.10. The summed E-state index contributed by atoms with van der Waals surface area (Å²) < 4.78 is 5.72. The quantitative estimate of drug-likeness (QED) is 0.783. The monoisotopic (exact) mass is 304 g/mol. The van der Waals surface area contributed by atoms with Crippen molar-refractivity contribution in [1.29, 1.82) is 0 Å². The topological polar surface area (TPSA) is 41.6 Å². The molecule has 0 aromatic rings. The molecule has 0 aromatic carbocycles. The van der Waals surface area contributed by atoms with Gasteiger partial charge in [0.2, 0.25) is 5.91 Å². The van der Waals surface area contributed by atoms with E-state index in [1.54, 1.807) is 0 Å². The molecule has 2 rings (SSSR count). The predicted octanol–water partition coefficient (Wildman–Crippen LogP) is 2.07. The molecule has 1 N–H and O–H groups in total. The maximum absolute atomic E-state index is 12.2. The maximum atomic E-state index is 12.2. The van der Waals surface area contributed by atoms with E-state index in [-0.39, 0.29) is 29.8 Å². The van der Waals surface area contributed by atoms with Gasteiger partial charge in [0.05, 0.1) is 12.6 Å². The average molecular weight is 305 g/mol. The standard InChI is InChI=1S/C15H28N2O2.ClH/c1-5-19-13-8-12(15(13,2)3)17(4)14(18)10-16-9-11-6-7-11;/h11-13,16H,5-10H2,1-4H3;1H. The Hall–Kier alpha value is -0.320. The highest BCUT2D eigenvalue weighted by Gasteiger charge is 2.51. The fraction of sp³-hybridized carbons (Fsp3) is 0.933. The van der Waals surface area contributed by atoms with E-state index in [1.165, 1.54) is 12.8 Å². The van der Waals surface area contributed by atoms with E-state index in [1.807, 2.05) is 18.9 Å². The molecule has 0 saturated heterocycles. The van der Waals surface area contributed by atoms with Crippen LogP contribution in [0.4, 0.5) is 0 Å². The van der Waals surface area contributed by atoms with Crippen molar-refractivity contribution in [2.75, 3.05) is 26.7 Å². The number of halogens is 1. The minimum atomic E-state index is 0. The summed E-state index contributed by atoms with van der Waals surface area (Å²) in [6.45, 7) is 8.64. The van der Waals surface area contributed by atoms with Gasteiger partial charge in [0.15, 0.2) is 0 Å². The Morgan fingerprint density at radius 2 is 2.05 bits per heavy atom. The number of hydrogen-bond donors (Lipinski definition) is 1. The van der Waals surface area contributed by atoms with E-state index in [9.17, 15) is 4.79 Å². The van der Waals surface area contributed by atoms with Crippen molar-refractivity contribution < 1.29 is 9.53 Å². The van der Waals surface area contributed by atoms with Gasteiger partial charge in [0.25, 0.3) is 0 Å². The largest absolute Gasteiger partial charge is 0.378 e. The Morgan fingerprint density at radius 3 is 2.55 bits per heavy atom. The lowest BCUT2D eigenvalue weighted by Gasteiger charge is -2.54. The van der Waals surface area contributed by atoms with Crippen LogP contribution in [0.3, 0.4) is 0 Å². The van der Waals surface area contributed by atoms with Gasteiger partial charge in [0, 0.05) is 25.1 Å². The van der Waals surface area contributed by atoms with E-state index < -0.39 is 0 Å². The van der Waals surface area contributed by atoms with E-state index in [2.05, 4.69) is 19.2 Å². The van der Waals surface area contributed by atoms with Crippen LogP contribution in [-0.2, 0) is 9.53 Å². The molecule has 20 heavy (non-hydrogen) atoms. The molecule has 2 fully saturated rings. The van der Waals surface area contributed by atoms with E-state index in [4.69, 9.17) is 4.74 Å². The normalized spacial score (nSPS) is 27.4. The molecule has 4 nitrogen and oxygen atoms in total. The molecule has 2 saturated carbocycles. The Balaban J connectivity index is 0.00000200. The highest BCUT2D eigenvalue weighted by molar-refractivity contribution is 5.85. The van der Waals surface area contributed by atoms with Crippen LogP contribution in [0.15, 0.2) is 0 Å². The fourth-order valence-electron chi connectivity index (χ4n) is 3.01. The van der Waals surface area contributed by atoms with Crippen LogP contribution in [0.25, 0.3) is 0 Å². The molecule has 0 aromatic heterocycles. The Morgan fingerprint density at radius 1 is 1.40 bits per heavy atom. The van der Waals surface area contributed by atoms with Gasteiger partial charge < -0.3 is 15.0 Å². The van der Waals surface area contributed by atoms with Crippen molar-refractivity contribution in [3.05, 3.63) is 0 Å². The first kappa shape index (κ1) is 17.7. The zero-order valence-electron chi connectivity index (χ0n) is 13.1. The maximum Gasteiger partial charge on any atom is 0.236 e. The minimum absolute atomic E-state index is 0. The third-order valence-corrected chi connectivity index (χ3v) is 4.76. The number of amides is 1. The van der Waals surface area contributed by atoms with Crippen LogP contribution in [0.1, 0.15) is 40.0 Å². The predicted molar refractivity (Wildman–Crippen MR) is 83.2 cm³/mol.